The van der Waals surface area contributed by atoms with Gasteiger partial charge in [-0.2, -0.15) is 5.26 Å². The Morgan fingerprint density at radius 3 is 2.56 bits per heavy atom. The Bertz CT molecular complexity index is 858. The molecule has 2 rings (SSSR count). The molecular formula is C19H18N2O3S. The number of nitriles is 1. The predicted octanol–water partition coefficient (Wildman–Crippen LogP) is 4.07. The highest BCUT2D eigenvalue weighted by Crippen LogP contribution is 2.33. The van der Waals surface area contributed by atoms with Crippen LogP contribution in [0.3, 0.4) is 0 Å². The third-order valence-corrected chi connectivity index (χ3v) is 4.65. The van der Waals surface area contributed by atoms with Gasteiger partial charge in [-0.1, -0.05) is 29.8 Å². The van der Waals surface area contributed by atoms with Gasteiger partial charge in [0.2, 0.25) is 5.91 Å². The minimum absolute atomic E-state index is 0.249. The lowest BCUT2D eigenvalue weighted by Gasteiger charge is -1.99. The molecule has 0 unspecified atom stereocenters. The summed E-state index contributed by atoms with van der Waals surface area (Å²) in [6.07, 6.45) is 3.08. The van der Waals surface area contributed by atoms with Crippen LogP contribution in [0.5, 0.6) is 0 Å². The number of carbonyl (C=O) groups excluding carboxylic acids is 2. The van der Waals surface area contributed by atoms with E-state index in [0.29, 0.717) is 15.4 Å². The summed E-state index contributed by atoms with van der Waals surface area (Å²) in [5, 5.41) is 12.3. The first-order valence-corrected chi connectivity index (χ1v) is 8.54. The summed E-state index contributed by atoms with van der Waals surface area (Å²) in [7, 11) is 0. The van der Waals surface area contributed by atoms with Gasteiger partial charge < -0.3 is 10.1 Å². The van der Waals surface area contributed by atoms with E-state index < -0.39 is 5.97 Å². The van der Waals surface area contributed by atoms with Crippen LogP contribution >= 0.6 is 11.3 Å². The van der Waals surface area contributed by atoms with E-state index in [1.807, 2.05) is 37.3 Å². The fourth-order valence-electron chi connectivity index (χ4n) is 2.13. The van der Waals surface area contributed by atoms with Crippen molar-refractivity contribution < 1.29 is 14.3 Å². The highest BCUT2D eigenvalue weighted by atomic mass is 32.1. The molecule has 6 heteroatoms. The molecule has 25 heavy (non-hydrogen) atoms. The van der Waals surface area contributed by atoms with Crippen LogP contribution in [0.4, 0.5) is 5.00 Å². The Kier molecular flexibility index (Phi) is 6.09. The average Bonchev–Trinajstić information content (AvgIpc) is 2.90. The van der Waals surface area contributed by atoms with Crippen LogP contribution in [0.2, 0.25) is 0 Å². The Balaban J connectivity index is 2.17. The number of esters is 1. The lowest BCUT2D eigenvalue weighted by atomic mass is 10.1. The number of nitrogens with one attached hydrogen (secondary N) is 1. The minimum atomic E-state index is -0.489. The molecule has 128 valence electrons. The Morgan fingerprint density at radius 2 is 1.96 bits per heavy atom. The monoisotopic (exact) mass is 354 g/mol. The molecule has 0 radical (unpaired) electrons. The zero-order valence-electron chi connectivity index (χ0n) is 14.3. The van der Waals surface area contributed by atoms with E-state index in [2.05, 4.69) is 5.32 Å². The molecule has 0 aliphatic carbocycles. The smallest absolute Gasteiger partial charge is 0.348 e. The molecule has 0 atom stereocenters. The van der Waals surface area contributed by atoms with Gasteiger partial charge in [0.1, 0.15) is 15.9 Å². The van der Waals surface area contributed by atoms with Gasteiger partial charge in [-0.05, 0) is 38.0 Å². The van der Waals surface area contributed by atoms with Crippen LogP contribution in [0.25, 0.3) is 6.08 Å². The Morgan fingerprint density at radius 1 is 1.28 bits per heavy atom. The van der Waals surface area contributed by atoms with Crippen LogP contribution in [-0.4, -0.2) is 18.5 Å². The molecule has 0 bridgehead atoms. The van der Waals surface area contributed by atoms with Gasteiger partial charge in [0, 0.05) is 6.08 Å². The number of hydrogen-bond acceptors (Lipinski definition) is 5. The summed E-state index contributed by atoms with van der Waals surface area (Å²) in [4.78, 5) is 24.4. The average molecular weight is 354 g/mol. The van der Waals surface area contributed by atoms with E-state index in [1.165, 1.54) is 6.08 Å². The van der Waals surface area contributed by atoms with Crippen molar-refractivity contribution in [3.05, 3.63) is 57.5 Å². The van der Waals surface area contributed by atoms with Crippen LogP contribution in [0.1, 0.15) is 38.8 Å². The second kappa shape index (κ2) is 8.27. The summed E-state index contributed by atoms with van der Waals surface area (Å²) in [5.74, 6) is -0.856. The van der Waals surface area contributed by atoms with E-state index >= 15 is 0 Å². The molecular weight excluding hydrogens is 336 g/mol. The van der Waals surface area contributed by atoms with Crippen LogP contribution in [-0.2, 0) is 9.53 Å². The second-order valence-corrected chi connectivity index (χ2v) is 6.35. The van der Waals surface area contributed by atoms with Crippen molar-refractivity contribution in [3.63, 3.8) is 0 Å². The fraction of sp³-hybridized carbons (Fsp3) is 0.211. The maximum absolute atomic E-state index is 12.1. The summed E-state index contributed by atoms with van der Waals surface area (Å²) < 4.78 is 4.98. The fourth-order valence-corrected chi connectivity index (χ4v) is 3.18. The maximum Gasteiger partial charge on any atom is 0.348 e. The normalized spacial score (nSPS) is 10.5. The van der Waals surface area contributed by atoms with Crippen LogP contribution in [0, 0.1) is 25.2 Å². The van der Waals surface area contributed by atoms with E-state index in [0.717, 1.165) is 22.5 Å². The molecule has 5 nitrogen and oxygen atoms in total. The third kappa shape index (κ3) is 4.55. The van der Waals surface area contributed by atoms with E-state index in [-0.39, 0.29) is 18.1 Å². The lowest BCUT2D eigenvalue weighted by Crippen LogP contribution is -2.07. The van der Waals surface area contributed by atoms with Gasteiger partial charge in [0.05, 0.1) is 12.2 Å². The topological polar surface area (TPSA) is 79.2 Å². The molecule has 0 fully saturated rings. The molecule has 1 aromatic carbocycles. The molecule has 1 amide bonds. The predicted molar refractivity (Wildman–Crippen MR) is 98.6 cm³/mol. The molecule has 2 aromatic rings. The number of anilines is 1. The van der Waals surface area contributed by atoms with Crippen molar-refractivity contribution in [2.24, 2.45) is 0 Å². The van der Waals surface area contributed by atoms with Gasteiger partial charge in [0.25, 0.3) is 0 Å². The number of benzene rings is 1. The van der Waals surface area contributed by atoms with Gasteiger partial charge in [0.15, 0.2) is 0 Å². The third-order valence-electron chi connectivity index (χ3n) is 3.46. The number of rotatable bonds is 5. The number of amides is 1. The maximum atomic E-state index is 12.1. The highest BCUT2D eigenvalue weighted by molar-refractivity contribution is 7.18. The largest absolute Gasteiger partial charge is 0.462 e. The SMILES string of the molecule is CCOC(=O)c1sc(NC(=O)C=Cc2ccc(C)cc2)c(C#N)c1C. The van der Waals surface area contributed by atoms with Crippen LogP contribution < -0.4 is 5.32 Å². The van der Waals surface area contributed by atoms with Crippen molar-refractivity contribution in [3.8, 4) is 6.07 Å². The second-order valence-electron chi connectivity index (χ2n) is 5.33. The van der Waals surface area contributed by atoms with Crippen molar-refractivity contribution in [2.45, 2.75) is 20.8 Å². The number of carbonyl (C=O) groups is 2. The molecule has 1 aromatic heterocycles. The quantitative estimate of drug-likeness (QED) is 0.648. The molecule has 1 N–H and O–H groups in total. The Labute approximate surface area is 150 Å². The number of thiophene rings is 1. The van der Waals surface area contributed by atoms with E-state index in [9.17, 15) is 14.9 Å². The first kappa shape index (κ1) is 18.4. The first-order valence-electron chi connectivity index (χ1n) is 7.72. The van der Waals surface area contributed by atoms with Crippen molar-refractivity contribution in [1.29, 1.82) is 5.26 Å². The lowest BCUT2D eigenvalue weighted by molar-refractivity contribution is -0.111. The van der Waals surface area contributed by atoms with Crippen molar-refractivity contribution >= 4 is 34.3 Å². The number of ether oxygens (including phenoxy) is 1. The molecule has 1 heterocycles. The number of nitrogens with zero attached hydrogens (tertiary/aromatic N) is 1. The Hall–Kier alpha value is -2.91. The van der Waals surface area contributed by atoms with Gasteiger partial charge in [-0.3, -0.25) is 4.79 Å². The summed E-state index contributed by atoms with van der Waals surface area (Å²) in [6.45, 7) is 5.62. The molecule has 0 spiro atoms. The zero-order chi connectivity index (χ0) is 18.4. The molecule has 0 saturated carbocycles. The summed E-state index contributed by atoms with van der Waals surface area (Å²) in [6, 6.07) is 9.77. The highest BCUT2D eigenvalue weighted by Gasteiger charge is 2.21. The standard InChI is InChI=1S/C19H18N2O3S/c1-4-24-19(23)17-13(3)15(11-20)18(25-17)21-16(22)10-9-14-7-5-12(2)6-8-14/h5-10H,4H2,1-3H3,(H,21,22). The number of aryl methyl sites for hydroxylation is 1. The van der Waals surface area contributed by atoms with Gasteiger partial charge >= 0.3 is 5.97 Å². The zero-order valence-corrected chi connectivity index (χ0v) is 15.1. The van der Waals surface area contributed by atoms with Crippen LogP contribution in [0.15, 0.2) is 30.3 Å². The molecule has 0 saturated heterocycles. The molecule has 0 aliphatic rings. The summed E-state index contributed by atoms with van der Waals surface area (Å²) >= 11 is 1.05. The van der Waals surface area contributed by atoms with Crippen molar-refractivity contribution in [1.82, 2.24) is 0 Å². The van der Waals surface area contributed by atoms with E-state index in [4.69, 9.17) is 4.74 Å². The molecule has 0 aliphatic heterocycles. The number of hydrogen-bond donors (Lipinski definition) is 1. The minimum Gasteiger partial charge on any atom is -0.462 e. The van der Waals surface area contributed by atoms with Gasteiger partial charge in [-0.15, -0.1) is 11.3 Å². The van der Waals surface area contributed by atoms with Gasteiger partial charge in [-0.25, -0.2) is 4.79 Å². The first-order chi connectivity index (χ1) is 12.0. The van der Waals surface area contributed by atoms with E-state index in [1.54, 1.807) is 19.9 Å². The summed E-state index contributed by atoms with van der Waals surface area (Å²) in [5.41, 5.74) is 2.84. The van der Waals surface area contributed by atoms with Crippen molar-refractivity contribution in [2.75, 3.05) is 11.9 Å².